The first kappa shape index (κ1) is 9.93. The third-order valence-electron chi connectivity index (χ3n) is 3.67. The van der Waals surface area contributed by atoms with Crippen LogP contribution in [0.5, 0.6) is 0 Å². The Bertz CT molecular complexity index is 244. The second-order valence-electron chi connectivity index (χ2n) is 4.18. The fourth-order valence-corrected chi connectivity index (χ4v) is 2.80. The number of carbonyl (C=O) groups excluding carboxylic acids is 1. The van der Waals surface area contributed by atoms with Crippen LogP contribution in [0, 0.1) is 5.92 Å². The van der Waals surface area contributed by atoms with Crippen LogP contribution in [0.3, 0.4) is 0 Å². The lowest BCUT2D eigenvalue weighted by Crippen LogP contribution is -2.60. The lowest BCUT2D eigenvalue weighted by molar-refractivity contribution is -0.167. The molecule has 0 radical (unpaired) electrons. The maximum absolute atomic E-state index is 11.2. The van der Waals surface area contributed by atoms with Crippen molar-refractivity contribution in [3.05, 3.63) is 0 Å². The van der Waals surface area contributed by atoms with Crippen molar-refractivity contribution in [2.45, 2.75) is 30.9 Å². The minimum Gasteiger partial charge on any atom is -0.469 e. The van der Waals surface area contributed by atoms with Crippen molar-refractivity contribution in [2.75, 3.05) is 20.8 Å². The summed E-state index contributed by atoms with van der Waals surface area (Å²) in [5, 5.41) is 3.40. The first-order valence-electron chi connectivity index (χ1n) is 5.07. The van der Waals surface area contributed by atoms with E-state index < -0.39 is 0 Å². The van der Waals surface area contributed by atoms with E-state index in [4.69, 9.17) is 9.47 Å². The van der Waals surface area contributed by atoms with Crippen molar-refractivity contribution in [3.8, 4) is 0 Å². The van der Waals surface area contributed by atoms with Gasteiger partial charge in [0.05, 0.1) is 19.1 Å². The van der Waals surface area contributed by atoms with Gasteiger partial charge in [-0.25, -0.2) is 0 Å². The van der Waals surface area contributed by atoms with Crippen LogP contribution in [0.1, 0.15) is 19.3 Å². The first-order chi connectivity index (χ1) is 6.72. The van der Waals surface area contributed by atoms with Gasteiger partial charge in [-0.05, 0) is 19.4 Å². The molecule has 0 aromatic carbocycles. The van der Waals surface area contributed by atoms with Crippen LogP contribution in [0.4, 0.5) is 0 Å². The molecular formula is C10H17NO3. The van der Waals surface area contributed by atoms with Crippen LogP contribution in [0.2, 0.25) is 0 Å². The molecular weight excluding hydrogens is 182 g/mol. The molecule has 1 aliphatic carbocycles. The Hall–Kier alpha value is -0.610. The van der Waals surface area contributed by atoms with Gasteiger partial charge in [0.1, 0.15) is 0 Å². The van der Waals surface area contributed by atoms with E-state index in [9.17, 15) is 4.79 Å². The average Bonchev–Trinajstić information content (AvgIpc) is 2.57. The van der Waals surface area contributed by atoms with Crippen LogP contribution >= 0.6 is 0 Å². The van der Waals surface area contributed by atoms with Gasteiger partial charge in [-0.2, -0.15) is 0 Å². The third-order valence-corrected chi connectivity index (χ3v) is 3.67. The number of esters is 1. The van der Waals surface area contributed by atoms with Gasteiger partial charge in [-0.1, -0.05) is 0 Å². The molecule has 0 amide bonds. The molecule has 2 rings (SSSR count). The molecule has 2 aliphatic rings. The molecule has 0 unspecified atom stereocenters. The van der Waals surface area contributed by atoms with E-state index in [-0.39, 0.29) is 11.6 Å². The summed E-state index contributed by atoms with van der Waals surface area (Å²) in [6.45, 7) is 1.04. The average molecular weight is 199 g/mol. The number of hydrogen-bond acceptors (Lipinski definition) is 4. The molecule has 1 saturated heterocycles. The standard InChI is InChI=1S/C10H17NO3/c1-13-9(12)6-10(14-2)5-8-7(10)3-4-11-8/h7-8,11H,3-6H2,1-2H3/t7-,8-,10+/m1/s1. The summed E-state index contributed by atoms with van der Waals surface area (Å²) in [6, 6.07) is 0.555. The van der Waals surface area contributed by atoms with Crippen molar-refractivity contribution in [1.82, 2.24) is 5.32 Å². The Labute approximate surface area is 84.0 Å². The van der Waals surface area contributed by atoms with Crippen LogP contribution < -0.4 is 5.32 Å². The summed E-state index contributed by atoms with van der Waals surface area (Å²) in [5.74, 6) is 0.323. The lowest BCUT2D eigenvalue weighted by atomic mass is 9.64. The molecule has 4 nitrogen and oxygen atoms in total. The minimum atomic E-state index is -0.249. The highest BCUT2D eigenvalue weighted by Crippen LogP contribution is 2.48. The zero-order chi connectivity index (χ0) is 10.2. The molecule has 0 aromatic rings. The SMILES string of the molecule is COC(=O)C[C@@]1(OC)C[C@H]2NCC[C@H]21. The number of nitrogens with one attached hydrogen (secondary N) is 1. The molecule has 14 heavy (non-hydrogen) atoms. The molecule has 0 bridgehead atoms. The number of fused-ring (bicyclic) bond motifs is 1. The highest BCUT2D eigenvalue weighted by molar-refractivity contribution is 5.71. The van der Waals surface area contributed by atoms with Gasteiger partial charge in [-0.3, -0.25) is 4.79 Å². The predicted octanol–water partition coefficient (Wildman–Crippen LogP) is 0.317. The van der Waals surface area contributed by atoms with Crippen molar-refractivity contribution in [3.63, 3.8) is 0 Å². The fraction of sp³-hybridized carbons (Fsp3) is 0.900. The van der Waals surface area contributed by atoms with Gasteiger partial charge >= 0.3 is 5.97 Å². The molecule has 1 heterocycles. The number of carbonyl (C=O) groups is 1. The molecule has 80 valence electrons. The van der Waals surface area contributed by atoms with Crippen molar-refractivity contribution in [2.24, 2.45) is 5.92 Å². The Balaban J connectivity index is 2.01. The summed E-state index contributed by atoms with van der Waals surface area (Å²) >= 11 is 0. The maximum atomic E-state index is 11.2. The summed E-state index contributed by atoms with van der Waals surface area (Å²) < 4.78 is 10.2. The number of hydrogen-bond donors (Lipinski definition) is 1. The zero-order valence-electron chi connectivity index (χ0n) is 8.71. The second-order valence-corrected chi connectivity index (χ2v) is 4.18. The van der Waals surface area contributed by atoms with Crippen LogP contribution in [-0.2, 0) is 14.3 Å². The Kier molecular flexibility index (Phi) is 2.49. The maximum Gasteiger partial charge on any atom is 0.308 e. The first-order valence-corrected chi connectivity index (χ1v) is 5.07. The molecule has 3 atom stereocenters. The van der Waals surface area contributed by atoms with Gasteiger partial charge in [-0.15, -0.1) is 0 Å². The van der Waals surface area contributed by atoms with Gasteiger partial charge in [0, 0.05) is 19.1 Å². The molecule has 4 heteroatoms. The minimum absolute atomic E-state index is 0.169. The van der Waals surface area contributed by atoms with Gasteiger partial charge in [0.25, 0.3) is 0 Å². The van der Waals surface area contributed by atoms with Gasteiger partial charge in [0.2, 0.25) is 0 Å². The van der Waals surface area contributed by atoms with Gasteiger partial charge in [0.15, 0.2) is 0 Å². The summed E-state index contributed by atoms with van der Waals surface area (Å²) in [5.41, 5.74) is -0.249. The molecule has 1 aliphatic heterocycles. The van der Waals surface area contributed by atoms with Crippen LogP contribution in [-0.4, -0.2) is 38.4 Å². The molecule has 1 N–H and O–H groups in total. The van der Waals surface area contributed by atoms with Crippen LogP contribution in [0.25, 0.3) is 0 Å². The normalized spacial score (nSPS) is 40.1. The van der Waals surface area contributed by atoms with Crippen molar-refractivity contribution in [1.29, 1.82) is 0 Å². The highest BCUT2D eigenvalue weighted by Gasteiger charge is 2.57. The van der Waals surface area contributed by atoms with Gasteiger partial charge < -0.3 is 14.8 Å². The highest BCUT2D eigenvalue weighted by atomic mass is 16.5. The monoisotopic (exact) mass is 199 g/mol. The van der Waals surface area contributed by atoms with E-state index >= 15 is 0 Å². The molecule has 1 saturated carbocycles. The number of rotatable bonds is 3. The third kappa shape index (κ3) is 1.33. The van der Waals surface area contributed by atoms with Crippen molar-refractivity contribution >= 4 is 5.97 Å². The fourth-order valence-electron chi connectivity index (χ4n) is 2.80. The Morgan fingerprint density at radius 2 is 2.36 bits per heavy atom. The quantitative estimate of drug-likeness (QED) is 0.665. The van der Waals surface area contributed by atoms with E-state index in [2.05, 4.69) is 5.32 Å². The predicted molar refractivity (Wildman–Crippen MR) is 50.9 cm³/mol. The summed E-state index contributed by atoms with van der Waals surface area (Å²) in [6.07, 6.45) is 2.43. The molecule has 0 aromatic heterocycles. The zero-order valence-corrected chi connectivity index (χ0v) is 8.71. The smallest absolute Gasteiger partial charge is 0.308 e. The van der Waals surface area contributed by atoms with E-state index in [1.54, 1.807) is 7.11 Å². The summed E-state index contributed by atoms with van der Waals surface area (Å²) in [7, 11) is 3.12. The van der Waals surface area contributed by atoms with Crippen LogP contribution in [0.15, 0.2) is 0 Å². The van der Waals surface area contributed by atoms with E-state index in [1.165, 1.54) is 7.11 Å². The van der Waals surface area contributed by atoms with E-state index in [0.717, 1.165) is 19.4 Å². The topological polar surface area (TPSA) is 47.6 Å². The Morgan fingerprint density at radius 1 is 1.57 bits per heavy atom. The lowest BCUT2D eigenvalue weighted by Gasteiger charge is -2.50. The largest absolute Gasteiger partial charge is 0.469 e. The number of ether oxygens (including phenoxy) is 2. The van der Waals surface area contributed by atoms with E-state index in [1.807, 2.05) is 0 Å². The van der Waals surface area contributed by atoms with E-state index in [0.29, 0.717) is 18.4 Å². The second kappa shape index (κ2) is 3.51. The molecule has 0 spiro atoms. The molecule has 2 fully saturated rings. The summed E-state index contributed by atoms with van der Waals surface area (Å²) in [4.78, 5) is 11.2. The Morgan fingerprint density at radius 3 is 2.93 bits per heavy atom. The number of methoxy groups -OCH3 is 2. The van der Waals surface area contributed by atoms with Crippen molar-refractivity contribution < 1.29 is 14.3 Å².